The molecular weight excluding hydrogens is 222 g/mol. The number of fused-ring (bicyclic) bond motifs is 2. The van der Waals surface area contributed by atoms with E-state index in [9.17, 15) is 5.11 Å². The molecule has 3 aliphatic rings. The maximum absolute atomic E-state index is 9.56. The smallest absolute Gasteiger partial charge is 0.0462 e. The number of aliphatic hydroxyl groups is 1. The molecule has 2 aliphatic heterocycles. The summed E-state index contributed by atoms with van der Waals surface area (Å²) >= 11 is 0. The third-order valence-corrected chi connectivity index (χ3v) is 6.48. The van der Waals surface area contributed by atoms with E-state index in [0.717, 1.165) is 35.6 Å². The minimum absolute atomic E-state index is 0.405. The Labute approximate surface area is 112 Å². The average Bonchev–Trinajstić information content (AvgIpc) is 2.67. The Hall–Kier alpha value is -0.0800. The number of nitrogens with zero attached hydrogens (tertiary/aromatic N) is 1. The van der Waals surface area contributed by atoms with Gasteiger partial charge in [-0.25, -0.2) is 0 Å². The summed E-state index contributed by atoms with van der Waals surface area (Å²) in [5, 5.41) is 9.56. The normalized spacial score (nSPS) is 53.0. The van der Waals surface area contributed by atoms with Gasteiger partial charge in [0.2, 0.25) is 0 Å². The van der Waals surface area contributed by atoms with Crippen LogP contribution in [0, 0.1) is 35.5 Å². The number of aliphatic hydroxyl groups excluding tert-OH is 1. The van der Waals surface area contributed by atoms with Crippen molar-refractivity contribution in [3.63, 3.8) is 0 Å². The van der Waals surface area contributed by atoms with E-state index in [2.05, 4.69) is 25.7 Å². The van der Waals surface area contributed by atoms with E-state index in [-0.39, 0.29) is 0 Å². The summed E-state index contributed by atoms with van der Waals surface area (Å²) in [7, 11) is 0. The zero-order valence-electron chi connectivity index (χ0n) is 12.2. The maximum atomic E-state index is 9.56. The van der Waals surface area contributed by atoms with Crippen LogP contribution in [0.3, 0.4) is 0 Å². The summed E-state index contributed by atoms with van der Waals surface area (Å²) in [4.78, 5) is 2.79. The Morgan fingerprint density at radius 1 is 1.00 bits per heavy atom. The van der Waals surface area contributed by atoms with E-state index >= 15 is 0 Å². The van der Waals surface area contributed by atoms with Crippen LogP contribution >= 0.6 is 0 Å². The van der Waals surface area contributed by atoms with Crippen LogP contribution in [-0.2, 0) is 0 Å². The second kappa shape index (κ2) is 4.79. The lowest BCUT2D eigenvalue weighted by atomic mass is 9.71. The van der Waals surface area contributed by atoms with Gasteiger partial charge in [-0.05, 0) is 54.8 Å². The van der Waals surface area contributed by atoms with Gasteiger partial charge in [0.25, 0.3) is 0 Å². The molecule has 0 aromatic carbocycles. The second-order valence-corrected chi connectivity index (χ2v) is 7.43. The standard InChI is InChI=1S/C16H29NO/c1-10-4-5-16-12(3)14-6-13(9-18)11(2)15(14)8-17(16)7-10/h10-16,18H,4-9H2,1-3H3. The van der Waals surface area contributed by atoms with Gasteiger partial charge in [-0.3, -0.25) is 4.90 Å². The molecule has 3 fully saturated rings. The molecular formula is C16H29NO. The SMILES string of the molecule is CC1CCC2C(C)C3CC(CO)C(C)C3CN2C1. The zero-order chi connectivity index (χ0) is 12.9. The van der Waals surface area contributed by atoms with Crippen LogP contribution in [0.2, 0.25) is 0 Å². The predicted molar refractivity (Wildman–Crippen MR) is 74.3 cm³/mol. The minimum atomic E-state index is 0.405. The Morgan fingerprint density at radius 2 is 1.78 bits per heavy atom. The van der Waals surface area contributed by atoms with Gasteiger partial charge in [-0.1, -0.05) is 20.8 Å². The average molecular weight is 251 g/mol. The molecule has 1 saturated carbocycles. The Morgan fingerprint density at radius 3 is 2.50 bits per heavy atom. The molecule has 2 heterocycles. The first-order chi connectivity index (χ1) is 8.61. The molecule has 0 aromatic heterocycles. The van der Waals surface area contributed by atoms with E-state index in [1.54, 1.807) is 0 Å². The molecule has 3 rings (SSSR count). The summed E-state index contributed by atoms with van der Waals surface area (Å²) in [6.07, 6.45) is 4.11. The van der Waals surface area contributed by atoms with Crippen LogP contribution < -0.4 is 0 Å². The summed E-state index contributed by atoms with van der Waals surface area (Å²) < 4.78 is 0. The van der Waals surface area contributed by atoms with Crippen LogP contribution in [0.15, 0.2) is 0 Å². The monoisotopic (exact) mass is 251 g/mol. The third-order valence-electron chi connectivity index (χ3n) is 6.48. The van der Waals surface area contributed by atoms with Crippen molar-refractivity contribution >= 4 is 0 Å². The number of piperidine rings is 2. The molecule has 2 nitrogen and oxygen atoms in total. The predicted octanol–water partition coefficient (Wildman–Crippen LogP) is 2.62. The van der Waals surface area contributed by atoms with Crippen molar-refractivity contribution in [2.45, 2.75) is 46.1 Å². The highest BCUT2D eigenvalue weighted by molar-refractivity contribution is 5.01. The zero-order valence-corrected chi connectivity index (χ0v) is 12.2. The number of hydrogen-bond acceptors (Lipinski definition) is 2. The van der Waals surface area contributed by atoms with Gasteiger partial charge in [-0.2, -0.15) is 0 Å². The van der Waals surface area contributed by atoms with Gasteiger partial charge in [0, 0.05) is 25.7 Å². The van der Waals surface area contributed by atoms with E-state index in [0.29, 0.717) is 12.5 Å². The Kier molecular flexibility index (Phi) is 3.44. The molecule has 2 saturated heterocycles. The fraction of sp³-hybridized carbons (Fsp3) is 1.00. The van der Waals surface area contributed by atoms with Crippen molar-refractivity contribution in [3.8, 4) is 0 Å². The quantitative estimate of drug-likeness (QED) is 0.774. The lowest BCUT2D eigenvalue weighted by Crippen LogP contribution is -2.55. The van der Waals surface area contributed by atoms with Gasteiger partial charge in [0.05, 0.1) is 0 Å². The topological polar surface area (TPSA) is 23.5 Å². The van der Waals surface area contributed by atoms with Crippen LogP contribution in [0.25, 0.3) is 0 Å². The molecule has 0 aromatic rings. The molecule has 0 amide bonds. The first-order valence-corrected chi connectivity index (χ1v) is 7.96. The third kappa shape index (κ3) is 1.92. The minimum Gasteiger partial charge on any atom is -0.396 e. The largest absolute Gasteiger partial charge is 0.396 e. The fourth-order valence-corrected chi connectivity index (χ4v) is 5.25. The van der Waals surface area contributed by atoms with Crippen LogP contribution in [-0.4, -0.2) is 35.7 Å². The Bertz CT molecular complexity index is 305. The van der Waals surface area contributed by atoms with Crippen molar-refractivity contribution in [1.29, 1.82) is 0 Å². The van der Waals surface area contributed by atoms with Crippen molar-refractivity contribution in [1.82, 2.24) is 4.90 Å². The summed E-state index contributed by atoms with van der Waals surface area (Å²) in [5.74, 6) is 4.75. The van der Waals surface area contributed by atoms with Crippen LogP contribution in [0.4, 0.5) is 0 Å². The molecule has 2 heteroatoms. The first kappa shape index (κ1) is 12.9. The molecule has 104 valence electrons. The van der Waals surface area contributed by atoms with Gasteiger partial charge < -0.3 is 5.11 Å². The van der Waals surface area contributed by atoms with Gasteiger partial charge in [-0.15, -0.1) is 0 Å². The van der Waals surface area contributed by atoms with E-state index in [1.807, 2.05) is 0 Å². The molecule has 1 aliphatic carbocycles. The molecule has 0 spiro atoms. The van der Waals surface area contributed by atoms with Crippen molar-refractivity contribution in [2.24, 2.45) is 35.5 Å². The van der Waals surface area contributed by atoms with Gasteiger partial charge in [0.1, 0.15) is 0 Å². The maximum Gasteiger partial charge on any atom is 0.0462 e. The molecule has 1 N–H and O–H groups in total. The van der Waals surface area contributed by atoms with E-state index in [1.165, 1.54) is 32.4 Å². The number of hydrogen-bond donors (Lipinski definition) is 1. The van der Waals surface area contributed by atoms with E-state index < -0.39 is 0 Å². The summed E-state index contributed by atoms with van der Waals surface area (Å²) in [6, 6.07) is 0.840. The van der Waals surface area contributed by atoms with Crippen LogP contribution in [0.1, 0.15) is 40.0 Å². The fourth-order valence-electron chi connectivity index (χ4n) is 5.25. The lowest BCUT2D eigenvalue weighted by Gasteiger charge is -2.51. The highest BCUT2D eigenvalue weighted by atomic mass is 16.3. The summed E-state index contributed by atoms with van der Waals surface area (Å²) in [6.45, 7) is 10.3. The molecule has 18 heavy (non-hydrogen) atoms. The Balaban J connectivity index is 1.78. The molecule has 0 radical (unpaired) electrons. The second-order valence-electron chi connectivity index (χ2n) is 7.43. The number of rotatable bonds is 1. The highest BCUT2D eigenvalue weighted by Gasteiger charge is 2.50. The van der Waals surface area contributed by atoms with Gasteiger partial charge in [0.15, 0.2) is 0 Å². The van der Waals surface area contributed by atoms with Gasteiger partial charge >= 0.3 is 0 Å². The first-order valence-electron chi connectivity index (χ1n) is 7.96. The lowest BCUT2D eigenvalue weighted by molar-refractivity contribution is -0.0205. The molecule has 0 bridgehead atoms. The highest BCUT2D eigenvalue weighted by Crippen LogP contribution is 2.51. The molecule has 7 atom stereocenters. The van der Waals surface area contributed by atoms with E-state index in [4.69, 9.17) is 0 Å². The summed E-state index contributed by atoms with van der Waals surface area (Å²) in [5.41, 5.74) is 0. The van der Waals surface area contributed by atoms with Crippen molar-refractivity contribution in [3.05, 3.63) is 0 Å². The molecule has 7 unspecified atom stereocenters. The van der Waals surface area contributed by atoms with Crippen LogP contribution in [0.5, 0.6) is 0 Å². The van der Waals surface area contributed by atoms with Crippen molar-refractivity contribution < 1.29 is 5.11 Å². The van der Waals surface area contributed by atoms with Crippen molar-refractivity contribution in [2.75, 3.05) is 19.7 Å².